The van der Waals surface area contributed by atoms with Crippen molar-refractivity contribution in [3.63, 3.8) is 0 Å². The second-order valence-electron chi connectivity index (χ2n) is 6.79. The summed E-state index contributed by atoms with van der Waals surface area (Å²) in [6, 6.07) is 10.9. The molecule has 0 spiro atoms. The predicted octanol–water partition coefficient (Wildman–Crippen LogP) is 3.28. The van der Waals surface area contributed by atoms with Gasteiger partial charge in [0.05, 0.1) is 14.2 Å². The Kier molecular flexibility index (Phi) is 7.47. The Morgan fingerprint density at radius 2 is 1.76 bits per heavy atom. The summed E-state index contributed by atoms with van der Waals surface area (Å²) in [5.74, 6) is -0.929. The number of ether oxygens (including phenoxy) is 2. The van der Waals surface area contributed by atoms with Gasteiger partial charge in [-0.3, -0.25) is 4.79 Å². The second-order valence-corrected chi connectivity index (χ2v) is 6.79. The van der Waals surface area contributed by atoms with E-state index in [1.54, 1.807) is 18.2 Å². The molecule has 0 saturated heterocycles. The van der Waals surface area contributed by atoms with E-state index in [1.807, 2.05) is 12.1 Å². The molecule has 0 unspecified atom stereocenters. The zero-order valence-corrected chi connectivity index (χ0v) is 17.4. The highest BCUT2D eigenvalue weighted by Gasteiger charge is 2.25. The van der Waals surface area contributed by atoms with Gasteiger partial charge in [-0.25, -0.2) is 4.79 Å². The van der Waals surface area contributed by atoms with E-state index in [0.717, 1.165) is 12.2 Å². The lowest BCUT2D eigenvalue weighted by molar-refractivity contribution is -0.143. The molecule has 0 heterocycles. The van der Waals surface area contributed by atoms with E-state index in [9.17, 15) is 14.7 Å². The van der Waals surface area contributed by atoms with Gasteiger partial charge in [0.2, 0.25) is 0 Å². The number of hydrogen-bond donors (Lipinski definition) is 2. The van der Waals surface area contributed by atoms with Crippen LogP contribution in [0.5, 0.6) is 11.5 Å². The van der Waals surface area contributed by atoms with Crippen LogP contribution in [0.1, 0.15) is 42.7 Å². The molecule has 0 fully saturated rings. The van der Waals surface area contributed by atoms with E-state index >= 15 is 0 Å². The van der Waals surface area contributed by atoms with Crippen LogP contribution in [-0.2, 0) is 9.53 Å². The molecule has 0 bridgehead atoms. The zero-order valence-electron chi connectivity index (χ0n) is 17.4. The highest BCUT2D eigenvalue weighted by Crippen LogP contribution is 2.29. The number of anilines is 1. The van der Waals surface area contributed by atoms with Crippen LogP contribution in [0.15, 0.2) is 42.5 Å². The average molecular weight is 400 g/mol. The molecule has 156 valence electrons. The summed E-state index contributed by atoms with van der Waals surface area (Å²) in [5.41, 5.74) is 1.82. The van der Waals surface area contributed by atoms with Crippen molar-refractivity contribution in [3.05, 3.63) is 53.6 Å². The standard InChI is InChI=1S/C22H28N2O5/c1-6-24(14(2)3)17-10-7-15(8-11-17)21(26)23-20(22(27)29-5)16-9-12-19(28-4)18(25)13-16/h7-14,20,25H,6H2,1-5H3,(H,23,26)/t20-/m1/s1. The Morgan fingerprint density at radius 1 is 1.10 bits per heavy atom. The minimum atomic E-state index is -1.06. The lowest BCUT2D eigenvalue weighted by atomic mass is 10.1. The highest BCUT2D eigenvalue weighted by molar-refractivity contribution is 5.97. The number of phenolic OH excluding ortho intramolecular Hbond substituents is 1. The number of nitrogens with zero attached hydrogens (tertiary/aromatic N) is 1. The number of esters is 1. The first-order valence-electron chi connectivity index (χ1n) is 9.44. The number of methoxy groups -OCH3 is 2. The quantitative estimate of drug-likeness (QED) is 0.661. The fourth-order valence-corrected chi connectivity index (χ4v) is 3.15. The third kappa shape index (κ3) is 5.19. The van der Waals surface area contributed by atoms with Crippen LogP contribution in [0.3, 0.4) is 0 Å². The molecule has 7 heteroatoms. The first-order chi connectivity index (χ1) is 13.8. The Bertz CT molecular complexity index is 849. The number of nitrogens with one attached hydrogen (secondary N) is 1. The molecule has 1 amide bonds. The molecule has 2 aromatic rings. The lowest BCUT2D eigenvalue weighted by Gasteiger charge is -2.27. The van der Waals surface area contributed by atoms with Crippen LogP contribution in [-0.4, -0.2) is 43.8 Å². The fourth-order valence-electron chi connectivity index (χ4n) is 3.15. The van der Waals surface area contributed by atoms with Crippen LogP contribution in [0.2, 0.25) is 0 Å². The van der Waals surface area contributed by atoms with Gasteiger partial charge in [-0.1, -0.05) is 6.07 Å². The SMILES string of the molecule is CCN(c1ccc(C(=O)N[C@@H](C(=O)OC)c2ccc(OC)c(O)c2)cc1)C(C)C. The van der Waals surface area contributed by atoms with Gasteiger partial charge in [0, 0.05) is 23.8 Å². The van der Waals surface area contributed by atoms with Gasteiger partial charge in [0.15, 0.2) is 17.5 Å². The first kappa shape index (κ1) is 22.1. The Hall–Kier alpha value is -3.22. The summed E-state index contributed by atoms with van der Waals surface area (Å²) >= 11 is 0. The minimum absolute atomic E-state index is 0.133. The maximum Gasteiger partial charge on any atom is 0.333 e. The Morgan fingerprint density at radius 3 is 2.24 bits per heavy atom. The molecule has 0 aliphatic rings. The van der Waals surface area contributed by atoms with Gasteiger partial charge in [-0.2, -0.15) is 0 Å². The van der Waals surface area contributed by atoms with E-state index in [-0.39, 0.29) is 11.5 Å². The number of hydrogen-bond acceptors (Lipinski definition) is 6. The van der Waals surface area contributed by atoms with E-state index in [1.165, 1.54) is 26.4 Å². The van der Waals surface area contributed by atoms with Crippen molar-refractivity contribution in [2.24, 2.45) is 0 Å². The highest BCUT2D eigenvalue weighted by atomic mass is 16.5. The maximum absolute atomic E-state index is 12.7. The lowest BCUT2D eigenvalue weighted by Crippen LogP contribution is -2.34. The third-order valence-corrected chi connectivity index (χ3v) is 4.67. The van der Waals surface area contributed by atoms with E-state index in [0.29, 0.717) is 17.2 Å². The Balaban J connectivity index is 2.24. The van der Waals surface area contributed by atoms with E-state index < -0.39 is 17.9 Å². The summed E-state index contributed by atoms with van der Waals surface area (Å²) in [4.78, 5) is 27.2. The molecule has 0 radical (unpaired) electrons. The molecular formula is C22H28N2O5. The summed E-state index contributed by atoms with van der Waals surface area (Å²) in [6.45, 7) is 7.14. The monoisotopic (exact) mass is 400 g/mol. The molecule has 0 saturated carbocycles. The van der Waals surface area contributed by atoms with Crippen molar-refractivity contribution in [2.45, 2.75) is 32.9 Å². The molecule has 0 aromatic heterocycles. The average Bonchev–Trinajstić information content (AvgIpc) is 2.72. The largest absolute Gasteiger partial charge is 0.504 e. The van der Waals surface area contributed by atoms with Crippen LogP contribution in [0, 0.1) is 0 Å². The van der Waals surface area contributed by atoms with Crippen LogP contribution in [0.4, 0.5) is 5.69 Å². The summed E-state index contributed by atoms with van der Waals surface area (Å²) in [7, 11) is 2.67. The number of benzene rings is 2. The number of amides is 1. The normalized spacial score (nSPS) is 11.7. The van der Waals surface area contributed by atoms with Crippen molar-refractivity contribution in [1.82, 2.24) is 5.32 Å². The zero-order chi connectivity index (χ0) is 21.6. The molecular weight excluding hydrogens is 372 g/mol. The second kappa shape index (κ2) is 9.82. The molecule has 29 heavy (non-hydrogen) atoms. The summed E-state index contributed by atoms with van der Waals surface area (Å²) < 4.78 is 9.83. The minimum Gasteiger partial charge on any atom is -0.504 e. The number of phenols is 1. The summed E-state index contributed by atoms with van der Waals surface area (Å²) in [6.07, 6.45) is 0. The molecule has 2 rings (SSSR count). The fraction of sp³-hybridized carbons (Fsp3) is 0.364. The van der Waals surface area contributed by atoms with Gasteiger partial charge in [0.25, 0.3) is 5.91 Å². The van der Waals surface area contributed by atoms with Gasteiger partial charge in [-0.15, -0.1) is 0 Å². The van der Waals surface area contributed by atoms with Gasteiger partial charge in [0.1, 0.15) is 0 Å². The number of carbonyl (C=O) groups is 2. The third-order valence-electron chi connectivity index (χ3n) is 4.67. The smallest absolute Gasteiger partial charge is 0.333 e. The van der Waals surface area contributed by atoms with Crippen LogP contribution in [0.25, 0.3) is 0 Å². The van der Waals surface area contributed by atoms with Gasteiger partial charge >= 0.3 is 5.97 Å². The van der Waals surface area contributed by atoms with Crippen molar-refractivity contribution < 1.29 is 24.2 Å². The van der Waals surface area contributed by atoms with Crippen molar-refractivity contribution in [2.75, 3.05) is 25.7 Å². The molecule has 2 aromatic carbocycles. The van der Waals surface area contributed by atoms with Crippen molar-refractivity contribution >= 4 is 17.6 Å². The van der Waals surface area contributed by atoms with Gasteiger partial charge in [-0.05, 0) is 62.7 Å². The number of carbonyl (C=O) groups excluding carboxylic acids is 2. The molecule has 7 nitrogen and oxygen atoms in total. The Labute approximate surface area is 171 Å². The van der Waals surface area contributed by atoms with Crippen molar-refractivity contribution in [1.29, 1.82) is 0 Å². The van der Waals surface area contributed by atoms with Crippen LogP contribution < -0.4 is 15.0 Å². The topological polar surface area (TPSA) is 88.1 Å². The molecule has 1 atom stereocenters. The predicted molar refractivity (Wildman–Crippen MR) is 111 cm³/mol. The molecule has 0 aliphatic heterocycles. The summed E-state index contributed by atoms with van der Waals surface area (Å²) in [5, 5.41) is 12.7. The van der Waals surface area contributed by atoms with E-state index in [2.05, 4.69) is 31.0 Å². The van der Waals surface area contributed by atoms with E-state index in [4.69, 9.17) is 9.47 Å². The van der Waals surface area contributed by atoms with Crippen molar-refractivity contribution in [3.8, 4) is 11.5 Å². The van der Waals surface area contributed by atoms with Crippen LogP contribution >= 0.6 is 0 Å². The molecule has 2 N–H and O–H groups in total. The maximum atomic E-state index is 12.7. The number of rotatable bonds is 8. The molecule has 0 aliphatic carbocycles. The van der Waals surface area contributed by atoms with Gasteiger partial charge < -0.3 is 24.8 Å². The first-order valence-corrected chi connectivity index (χ1v) is 9.44. The number of aromatic hydroxyl groups is 1.